The fourth-order valence-corrected chi connectivity index (χ4v) is 2.83. The number of nitriles is 1. The van der Waals surface area contributed by atoms with Crippen LogP contribution < -0.4 is 4.72 Å². The minimum absolute atomic E-state index is 0.0946. The van der Waals surface area contributed by atoms with E-state index in [1.165, 1.54) is 0 Å². The second-order valence-electron chi connectivity index (χ2n) is 4.26. The minimum Gasteiger partial charge on any atom is -0.336 e. The average Bonchev–Trinajstić information content (AvgIpc) is 2.92. The quantitative estimate of drug-likeness (QED) is 0.855. The van der Waals surface area contributed by atoms with Gasteiger partial charge in [0.05, 0.1) is 23.7 Å². The average molecular weight is 290 g/mol. The third-order valence-electron chi connectivity index (χ3n) is 2.69. The molecule has 0 amide bonds. The van der Waals surface area contributed by atoms with Crippen molar-refractivity contribution in [1.82, 2.24) is 14.3 Å². The lowest BCUT2D eigenvalue weighted by Gasteiger charge is -2.07. The maximum Gasteiger partial charge on any atom is 0.215 e. The highest BCUT2D eigenvalue weighted by Crippen LogP contribution is 2.07. The lowest BCUT2D eigenvalue weighted by molar-refractivity contribution is 0.572. The van der Waals surface area contributed by atoms with Gasteiger partial charge in [0.2, 0.25) is 10.0 Å². The first-order valence-corrected chi connectivity index (χ1v) is 7.66. The van der Waals surface area contributed by atoms with E-state index in [0.29, 0.717) is 24.2 Å². The van der Waals surface area contributed by atoms with E-state index in [2.05, 4.69) is 9.71 Å². The zero-order valence-corrected chi connectivity index (χ0v) is 11.5. The van der Waals surface area contributed by atoms with Gasteiger partial charge in [0, 0.05) is 25.5 Å². The van der Waals surface area contributed by atoms with Gasteiger partial charge in [0.15, 0.2) is 0 Å². The first-order valence-electron chi connectivity index (χ1n) is 6.01. The Bertz CT molecular complexity index is 685. The van der Waals surface area contributed by atoms with E-state index in [0.717, 1.165) is 0 Å². The summed E-state index contributed by atoms with van der Waals surface area (Å²) in [4.78, 5) is 3.88. The smallest absolute Gasteiger partial charge is 0.215 e. The van der Waals surface area contributed by atoms with E-state index < -0.39 is 10.0 Å². The molecule has 1 heterocycles. The molecule has 0 aliphatic heterocycles. The lowest BCUT2D eigenvalue weighted by Crippen LogP contribution is -2.28. The Balaban J connectivity index is 1.88. The molecule has 1 aromatic carbocycles. The van der Waals surface area contributed by atoms with Crippen LogP contribution in [0.3, 0.4) is 0 Å². The van der Waals surface area contributed by atoms with Crippen molar-refractivity contribution >= 4 is 10.0 Å². The zero-order chi connectivity index (χ0) is 14.4. The third kappa shape index (κ3) is 4.19. The molecule has 0 radical (unpaired) electrons. The second kappa shape index (κ2) is 6.32. The SMILES string of the molecule is N#Cc1ccc(CS(=O)(=O)NCCn2ccnc2)cc1. The van der Waals surface area contributed by atoms with Gasteiger partial charge < -0.3 is 4.57 Å². The lowest BCUT2D eigenvalue weighted by atomic mass is 10.2. The van der Waals surface area contributed by atoms with Gasteiger partial charge in [0.1, 0.15) is 0 Å². The Hall–Kier alpha value is -2.17. The van der Waals surface area contributed by atoms with Crippen LogP contribution in [-0.4, -0.2) is 24.5 Å². The highest BCUT2D eigenvalue weighted by Gasteiger charge is 2.10. The number of rotatable bonds is 6. The number of sulfonamides is 1. The summed E-state index contributed by atoms with van der Waals surface area (Å²) in [5.74, 6) is -0.0946. The van der Waals surface area contributed by atoms with Crippen LogP contribution in [0.15, 0.2) is 43.0 Å². The molecule has 0 saturated carbocycles. The number of aromatic nitrogens is 2. The predicted octanol–water partition coefficient (Wildman–Crippen LogP) is 0.874. The highest BCUT2D eigenvalue weighted by molar-refractivity contribution is 7.88. The van der Waals surface area contributed by atoms with Crippen LogP contribution in [0.25, 0.3) is 0 Å². The minimum atomic E-state index is -3.37. The van der Waals surface area contributed by atoms with Crippen molar-refractivity contribution in [2.45, 2.75) is 12.3 Å². The van der Waals surface area contributed by atoms with Crippen molar-refractivity contribution in [3.63, 3.8) is 0 Å². The van der Waals surface area contributed by atoms with Crippen molar-refractivity contribution in [1.29, 1.82) is 5.26 Å². The van der Waals surface area contributed by atoms with Crippen LogP contribution in [0, 0.1) is 11.3 Å². The van der Waals surface area contributed by atoms with Crippen LogP contribution >= 0.6 is 0 Å². The summed E-state index contributed by atoms with van der Waals surface area (Å²) in [6.45, 7) is 0.849. The molecule has 0 bridgehead atoms. The molecule has 0 aliphatic carbocycles. The molecule has 104 valence electrons. The van der Waals surface area contributed by atoms with Gasteiger partial charge in [-0.3, -0.25) is 0 Å². The first-order chi connectivity index (χ1) is 9.59. The molecular formula is C13H14N4O2S. The Labute approximate surface area is 117 Å². The molecule has 0 atom stereocenters. The summed E-state index contributed by atoms with van der Waals surface area (Å²) in [7, 11) is -3.37. The van der Waals surface area contributed by atoms with Gasteiger partial charge in [-0.25, -0.2) is 18.1 Å². The maximum absolute atomic E-state index is 11.9. The summed E-state index contributed by atoms with van der Waals surface area (Å²) in [6.07, 6.45) is 5.05. The van der Waals surface area contributed by atoms with E-state index in [9.17, 15) is 8.42 Å². The summed E-state index contributed by atoms with van der Waals surface area (Å²) in [5.41, 5.74) is 1.17. The fraction of sp³-hybridized carbons (Fsp3) is 0.231. The molecule has 0 unspecified atom stereocenters. The van der Waals surface area contributed by atoms with Gasteiger partial charge in [-0.15, -0.1) is 0 Å². The normalized spacial score (nSPS) is 11.2. The van der Waals surface area contributed by atoms with Gasteiger partial charge in [0.25, 0.3) is 0 Å². The fourth-order valence-electron chi connectivity index (χ4n) is 1.70. The summed E-state index contributed by atoms with van der Waals surface area (Å²) >= 11 is 0. The Kier molecular flexibility index (Phi) is 4.50. The molecule has 6 nitrogen and oxygen atoms in total. The molecule has 0 fully saturated rings. The van der Waals surface area contributed by atoms with E-state index in [1.807, 2.05) is 6.07 Å². The van der Waals surface area contributed by atoms with Crippen LogP contribution in [-0.2, 0) is 22.3 Å². The van der Waals surface area contributed by atoms with Crippen LogP contribution in [0.4, 0.5) is 0 Å². The van der Waals surface area contributed by atoms with E-state index in [4.69, 9.17) is 5.26 Å². The molecule has 2 aromatic rings. The van der Waals surface area contributed by atoms with Crippen molar-refractivity contribution in [3.05, 3.63) is 54.1 Å². The Morgan fingerprint density at radius 3 is 2.65 bits per heavy atom. The number of benzene rings is 1. The molecule has 2 rings (SSSR count). The topological polar surface area (TPSA) is 87.8 Å². The van der Waals surface area contributed by atoms with Crippen molar-refractivity contribution in [2.75, 3.05) is 6.54 Å². The molecule has 1 N–H and O–H groups in total. The van der Waals surface area contributed by atoms with Gasteiger partial charge in [-0.2, -0.15) is 5.26 Å². The number of nitrogens with zero attached hydrogens (tertiary/aromatic N) is 3. The molecular weight excluding hydrogens is 276 g/mol. The molecule has 0 spiro atoms. The van der Waals surface area contributed by atoms with Crippen molar-refractivity contribution < 1.29 is 8.42 Å². The van der Waals surface area contributed by atoms with E-state index in [1.54, 1.807) is 47.6 Å². The predicted molar refractivity (Wildman–Crippen MR) is 74.0 cm³/mol. The van der Waals surface area contributed by atoms with Crippen LogP contribution in [0.1, 0.15) is 11.1 Å². The highest BCUT2D eigenvalue weighted by atomic mass is 32.2. The van der Waals surface area contributed by atoms with Gasteiger partial charge in [-0.05, 0) is 17.7 Å². The van der Waals surface area contributed by atoms with Crippen molar-refractivity contribution in [2.24, 2.45) is 0 Å². The Morgan fingerprint density at radius 2 is 2.05 bits per heavy atom. The van der Waals surface area contributed by atoms with E-state index >= 15 is 0 Å². The number of nitrogens with one attached hydrogen (secondary N) is 1. The van der Waals surface area contributed by atoms with Crippen LogP contribution in [0.5, 0.6) is 0 Å². The van der Waals surface area contributed by atoms with Crippen LogP contribution in [0.2, 0.25) is 0 Å². The van der Waals surface area contributed by atoms with Gasteiger partial charge >= 0.3 is 0 Å². The largest absolute Gasteiger partial charge is 0.336 e. The molecule has 0 aliphatic rings. The number of hydrogen-bond donors (Lipinski definition) is 1. The molecule has 20 heavy (non-hydrogen) atoms. The molecule has 1 aromatic heterocycles. The summed E-state index contributed by atoms with van der Waals surface area (Å²) < 4.78 is 28.1. The van der Waals surface area contributed by atoms with E-state index in [-0.39, 0.29) is 5.75 Å². The summed E-state index contributed by atoms with van der Waals surface area (Å²) in [6, 6.07) is 8.50. The van der Waals surface area contributed by atoms with Gasteiger partial charge in [-0.1, -0.05) is 12.1 Å². The zero-order valence-electron chi connectivity index (χ0n) is 10.7. The molecule has 0 saturated heterocycles. The first kappa shape index (κ1) is 14.2. The number of imidazole rings is 1. The number of hydrogen-bond acceptors (Lipinski definition) is 4. The monoisotopic (exact) mass is 290 g/mol. The standard InChI is InChI=1S/C13H14N4O2S/c14-9-12-1-3-13(4-2-12)10-20(18,19)16-6-8-17-7-5-15-11-17/h1-5,7,11,16H,6,8,10H2. The second-order valence-corrected chi connectivity index (χ2v) is 6.07. The maximum atomic E-state index is 11.9. The third-order valence-corrected chi connectivity index (χ3v) is 4.05. The Morgan fingerprint density at radius 1 is 1.30 bits per heavy atom. The summed E-state index contributed by atoms with van der Waals surface area (Å²) in [5, 5.41) is 8.68. The molecule has 7 heteroatoms. The van der Waals surface area contributed by atoms with Crippen molar-refractivity contribution in [3.8, 4) is 6.07 Å².